The van der Waals surface area contributed by atoms with Gasteiger partial charge in [-0.2, -0.15) is 0 Å². The maximum atomic E-state index is 8.97. The first kappa shape index (κ1) is 19.4. The van der Waals surface area contributed by atoms with Gasteiger partial charge in [0.05, 0.1) is 0 Å². The summed E-state index contributed by atoms with van der Waals surface area (Å²) < 4.78 is 6.25. The summed E-state index contributed by atoms with van der Waals surface area (Å²) in [6.45, 7) is 12.0. The molecule has 5 nitrogen and oxygen atoms in total. The fourth-order valence-corrected chi connectivity index (χ4v) is 3.62. The molecule has 0 bridgehead atoms. The predicted molar refractivity (Wildman–Crippen MR) is 106 cm³/mol. The van der Waals surface area contributed by atoms with Crippen LogP contribution in [0.15, 0.2) is 35.6 Å². The van der Waals surface area contributed by atoms with Gasteiger partial charge in [0.25, 0.3) is 0 Å². The zero-order chi connectivity index (χ0) is 18.7. The van der Waals surface area contributed by atoms with Crippen LogP contribution in [0.5, 0.6) is 0 Å². The SMILES string of the molecule is CC(C)(C)[Si](C)(C)OCCCc1nccc2c(/C(N)=N/O)cccc12. The van der Waals surface area contributed by atoms with Crippen LogP contribution < -0.4 is 5.73 Å². The summed E-state index contributed by atoms with van der Waals surface area (Å²) in [4.78, 5) is 4.53. The summed E-state index contributed by atoms with van der Waals surface area (Å²) in [5.41, 5.74) is 7.53. The van der Waals surface area contributed by atoms with Crippen LogP contribution in [-0.4, -0.2) is 31.0 Å². The molecule has 3 N–H and O–H groups in total. The minimum atomic E-state index is -1.71. The molecule has 1 aromatic heterocycles. The Balaban J connectivity index is 2.13. The number of aryl methyl sites for hydroxylation is 1. The first-order valence-electron chi connectivity index (χ1n) is 8.66. The molecule has 2 aromatic rings. The Morgan fingerprint density at radius 1 is 1.24 bits per heavy atom. The third-order valence-corrected chi connectivity index (χ3v) is 9.64. The Morgan fingerprint density at radius 3 is 2.60 bits per heavy atom. The largest absolute Gasteiger partial charge is 0.417 e. The Morgan fingerprint density at radius 2 is 1.96 bits per heavy atom. The van der Waals surface area contributed by atoms with Gasteiger partial charge in [0.1, 0.15) is 0 Å². The van der Waals surface area contributed by atoms with E-state index in [1.54, 1.807) is 6.20 Å². The van der Waals surface area contributed by atoms with Crippen molar-refractivity contribution in [3.05, 3.63) is 41.7 Å². The minimum Gasteiger partial charge on any atom is -0.417 e. The van der Waals surface area contributed by atoms with Gasteiger partial charge >= 0.3 is 0 Å². The number of aromatic nitrogens is 1. The van der Waals surface area contributed by atoms with E-state index in [4.69, 9.17) is 15.4 Å². The van der Waals surface area contributed by atoms with Gasteiger partial charge in [0.15, 0.2) is 14.2 Å². The molecule has 2 rings (SSSR count). The van der Waals surface area contributed by atoms with Crippen molar-refractivity contribution < 1.29 is 9.63 Å². The monoisotopic (exact) mass is 359 g/mol. The summed E-state index contributed by atoms with van der Waals surface area (Å²) in [6.07, 6.45) is 3.54. The number of pyridine rings is 1. The van der Waals surface area contributed by atoms with Crippen LogP contribution in [0.3, 0.4) is 0 Å². The number of hydrogen-bond acceptors (Lipinski definition) is 4. The molecule has 6 heteroatoms. The number of rotatable bonds is 6. The molecule has 0 unspecified atom stereocenters. The van der Waals surface area contributed by atoms with E-state index in [0.717, 1.165) is 41.5 Å². The van der Waals surface area contributed by atoms with E-state index in [1.165, 1.54) is 0 Å². The minimum absolute atomic E-state index is 0.115. The van der Waals surface area contributed by atoms with Gasteiger partial charge in [-0.1, -0.05) is 44.1 Å². The van der Waals surface area contributed by atoms with Gasteiger partial charge < -0.3 is 15.4 Å². The smallest absolute Gasteiger partial charge is 0.191 e. The number of hydrogen-bond donors (Lipinski definition) is 2. The predicted octanol–water partition coefficient (Wildman–Crippen LogP) is 4.28. The van der Waals surface area contributed by atoms with Crippen molar-refractivity contribution in [2.45, 2.75) is 51.7 Å². The number of benzene rings is 1. The third-order valence-electron chi connectivity index (χ3n) is 5.10. The molecule has 1 aromatic carbocycles. The van der Waals surface area contributed by atoms with Crippen molar-refractivity contribution in [1.82, 2.24) is 4.98 Å². The Hall–Kier alpha value is -1.92. The number of nitrogens with two attached hydrogens (primary N) is 1. The Labute approximate surface area is 151 Å². The summed E-state index contributed by atoms with van der Waals surface area (Å²) >= 11 is 0. The normalized spacial score (nSPS) is 13.4. The van der Waals surface area contributed by atoms with E-state index in [-0.39, 0.29) is 10.9 Å². The van der Waals surface area contributed by atoms with Gasteiger partial charge in [-0.3, -0.25) is 4.98 Å². The van der Waals surface area contributed by atoms with Gasteiger partial charge in [0.2, 0.25) is 0 Å². The zero-order valence-electron chi connectivity index (χ0n) is 15.8. The van der Waals surface area contributed by atoms with Crippen LogP contribution in [0.25, 0.3) is 10.8 Å². The van der Waals surface area contributed by atoms with E-state index < -0.39 is 8.32 Å². The maximum absolute atomic E-state index is 8.97. The average molecular weight is 360 g/mol. The third kappa shape index (κ3) is 4.38. The number of amidine groups is 1. The van der Waals surface area contributed by atoms with Crippen molar-refractivity contribution in [2.24, 2.45) is 10.9 Å². The van der Waals surface area contributed by atoms with Crippen molar-refractivity contribution in [3.63, 3.8) is 0 Å². The molecule has 0 saturated heterocycles. The molecule has 0 aliphatic rings. The molecule has 0 aliphatic heterocycles. The second kappa shape index (κ2) is 7.54. The summed E-state index contributed by atoms with van der Waals surface area (Å²) in [5.74, 6) is 0.115. The first-order chi connectivity index (χ1) is 11.7. The van der Waals surface area contributed by atoms with Crippen molar-refractivity contribution >= 4 is 24.9 Å². The van der Waals surface area contributed by atoms with Crippen molar-refractivity contribution in [2.75, 3.05) is 6.61 Å². The summed E-state index contributed by atoms with van der Waals surface area (Å²) in [6, 6.07) is 7.69. The fraction of sp³-hybridized carbons (Fsp3) is 0.474. The van der Waals surface area contributed by atoms with E-state index in [1.807, 2.05) is 24.3 Å². The standard InChI is InChI=1S/C19H29N3O2Si/c1-19(2,3)25(4,5)24-13-7-10-17-15-8-6-9-16(18(20)22-23)14(15)11-12-21-17/h6,8-9,11-12,23H,7,10,13H2,1-5H3,(H2,20,22). The lowest BCUT2D eigenvalue weighted by Crippen LogP contribution is -2.41. The van der Waals surface area contributed by atoms with E-state index in [2.05, 4.69) is 44.0 Å². The van der Waals surface area contributed by atoms with Crippen LogP contribution in [0.1, 0.15) is 38.4 Å². The van der Waals surface area contributed by atoms with Crippen LogP contribution in [0, 0.1) is 0 Å². The van der Waals surface area contributed by atoms with Gasteiger partial charge in [0, 0.05) is 29.4 Å². The lowest BCUT2D eigenvalue weighted by molar-refractivity contribution is 0.282. The molecule has 0 fully saturated rings. The molecule has 0 radical (unpaired) electrons. The second-order valence-electron chi connectivity index (χ2n) is 7.86. The van der Waals surface area contributed by atoms with Crippen molar-refractivity contribution in [1.29, 1.82) is 0 Å². The molecular formula is C19H29N3O2Si. The van der Waals surface area contributed by atoms with E-state index in [0.29, 0.717) is 0 Å². The van der Waals surface area contributed by atoms with E-state index in [9.17, 15) is 0 Å². The lowest BCUT2D eigenvalue weighted by Gasteiger charge is -2.36. The quantitative estimate of drug-likeness (QED) is 0.201. The molecule has 25 heavy (non-hydrogen) atoms. The highest BCUT2D eigenvalue weighted by Gasteiger charge is 2.36. The second-order valence-corrected chi connectivity index (χ2v) is 12.7. The number of fused-ring (bicyclic) bond motifs is 1. The topological polar surface area (TPSA) is 80.7 Å². The highest BCUT2D eigenvalue weighted by molar-refractivity contribution is 6.74. The summed E-state index contributed by atoms with van der Waals surface area (Å²) in [7, 11) is -1.71. The van der Waals surface area contributed by atoms with Crippen LogP contribution >= 0.6 is 0 Å². The van der Waals surface area contributed by atoms with Gasteiger partial charge in [-0.15, -0.1) is 0 Å². The zero-order valence-corrected chi connectivity index (χ0v) is 16.8. The molecule has 136 valence electrons. The molecule has 0 aliphatic carbocycles. The number of nitrogens with zero attached hydrogens (tertiary/aromatic N) is 2. The van der Waals surface area contributed by atoms with Gasteiger partial charge in [-0.25, -0.2) is 0 Å². The highest BCUT2D eigenvalue weighted by atomic mass is 28.4. The molecule has 1 heterocycles. The van der Waals surface area contributed by atoms with Crippen LogP contribution in [0.4, 0.5) is 0 Å². The Bertz CT molecular complexity index is 767. The van der Waals surface area contributed by atoms with Crippen molar-refractivity contribution in [3.8, 4) is 0 Å². The first-order valence-corrected chi connectivity index (χ1v) is 11.6. The van der Waals surface area contributed by atoms with E-state index >= 15 is 0 Å². The Kier molecular flexibility index (Phi) is 5.85. The maximum Gasteiger partial charge on any atom is 0.191 e. The highest BCUT2D eigenvalue weighted by Crippen LogP contribution is 2.36. The number of oxime groups is 1. The summed E-state index contributed by atoms with van der Waals surface area (Å²) in [5, 5.41) is 14.3. The molecule has 0 amide bonds. The average Bonchev–Trinajstić information content (AvgIpc) is 2.56. The van der Waals surface area contributed by atoms with Crippen LogP contribution in [0.2, 0.25) is 18.1 Å². The molecular weight excluding hydrogens is 330 g/mol. The molecule has 0 saturated carbocycles. The van der Waals surface area contributed by atoms with Gasteiger partial charge in [-0.05, 0) is 42.4 Å². The molecule has 0 spiro atoms. The van der Waals surface area contributed by atoms with Crippen LogP contribution in [-0.2, 0) is 10.8 Å². The molecule has 0 atom stereocenters. The lowest BCUT2D eigenvalue weighted by atomic mass is 10.0. The fourth-order valence-electron chi connectivity index (χ4n) is 2.53.